The van der Waals surface area contributed by atoms with Gasteiger partial charge < -0.3 is 15.8 Å². The van der Waals surface area contributed by atoms with Gasteiger partial charge in [0.15, 0.2) is 12.2 Å². The molecule has 4 heteroatoms. The standard InChI is InChI=1S/C6H9N3O/c1-3-2-4-5(10-4)9-6(7)8-3/h2,4-5H,1H3,(H3,7,8,9). The van der Waals surface area contributed by atoms with Crippen molar-refractivity contribution in [2.75, 3.05) is 0 Å². The Bertz CT molecular complexity index is 199. The summed E-state index contributed by atoms with van der Waals surface area (Å²) in [7, 11) is 0. The van der Waals surface area contributed by atoms with Crippen molar-refractivity contribution in [1.29, 1.82) is 0 Å². The van der Waals surface area contributed by atoms with Crippen LogP contribution in [-0.4, -0.2) is 18.3 Å². The Hall–Kier alpha value is -1.03. The summed E-state index contributed by atoms with van der Waals surface area (Å²) in [6.07, 6.45) is 2.12. The van der Waals surface area contributed by atoms with Gasteiger partial charge in [0.05, 0.1) is 0 Å². The van der Waals surface area contributed by atoms with Crippen LogP contribution in [-0.2, 0) is 4.74 Å². The second-order valence-corrected chi connectivity index (χ2v) is 2.48. The van der Waals surface area contributed by atoms with Gasteiger partial charge in [0.25, 0.3) is 0 Å². The summed E-state index contributed by atoms with van der Waals surface area (Å²) >= 11 is 0. The van der Waals surface area contributed by atoms with Crippen molar-refractivity contribution in [3.8, 4) is 0 Å². The highest BCUT2D eigenvalue weighted by atomic mass is 16.6. The zero-order chi connectivity index (χ0) is 7.14. The van der Waals surface area contributed by atoms with Gasteiger partial charge in [-0.2, -0.15) is 0 Å². The average molecular weight is 139 g/mol. The molecule has 0 amide bonds. The highest BCUT2D eigenvalue weighted by molar-refractivity contribution is 5.80. The summed E-state index contributed by atoms with van der Waals surface area (Å²) in [6, 6.07) is 0. The van der Waals surface area contributed by atoms with E-state index in [4.69, 9.17) is 10.5 Å². The first-order valence-corrected chi connectivity index (χ1v) is 3.20. The fraction of sp³-hybridized carbons (Fsp3) is 0.500. The third kappa shape index (κ3) is 0.863. The van der Waals surface area contributed by atoms with Crippen LogP contribution in [0.2, 0.25) is 0 Å². The van der Waals surface area contributed by atoms with Crippen LogP contribution >= 0.6 is 0 Å². The first kappa shape index (κ1) is 5.73. The van der Waals surface area contributed by atoms with E-state index in [1.165, 1.54) is 0 Å². The van der Waals surface area contributed by atoms with Crippen molar-refractivity contribution in [1.82, 2.24) is 5.32 Å². The lowest BCUT2D eigenvalue weighted by molar-refractivity contribution is 0.392. The molecule has 0 spiro atoms. The second kappa shape index (κ2) is 1.73. The molecule has 54 valence electrons. The van der Waals surface area contributed by atoms with Crippen molar-refractivity contribution >= 4 is 5.96 Å². The van der Waals surface area contributed by atoms with Crippen LogP contribution in [0.4, 0.5) is 0 Å². The maximum atomic E-state index is 5.46. The van der Waals surface area contributed by atoms with Crippen LogP contribution in [0.25, 0.3) is 0 Å². The van der Waals surface area contributed by atoms with Gasteiger partial charge >= 0.3 is 0 Å². The van der Waals surface area contributed by atoms with Crippen molar-refractivity contribution in [2.45, 2.75) is 19.3 Å². The molecule has 2 unspecified atom stereocenters. The molecular formula is C6H9N3O. The minimum absolute atomic E-state index is 0.0232. The Morgan fingerprint density at radius 1 is 1.80 bits per heavy atom. The smallest absolute Gasteiger partial charge is 0.195 e. The number of nitrogens with one attached hydrogen (secondary N) is 1. The van der Waals surface area contributed by atoms with E-state index in [9.17, 15) is 0 Å². The predicted molar refractivity (Wildman–Crippen MR) is 37.2 cm³/mol. The van der Waals surface area contributed by atoms with Crippen molar-refractivity contribution < 1.29 is 4.74 Å². The Morgan fingerprint density at radius 3 is 3.40 bits per heavy atom. The Balaban J connectivity index is 2.23. The van der Waals surface area contributed by atoms with E-state index in [0.717, 1.165) is 5.70 Å². The monoisotopic (exact) mass is 139 g/mol. The van der Waals surface area contributed by atoms with E-state index in [2.05, 4.69) is 10.3 Å². The van der Waals surface area contributed by atoms with Crippen LogP contribution in [0.3, 0.4) is 0 Å². The third-order valence-electron chi connectivity index (χ3n) is 1.51. The summed E-state index contributed by atoms with van der Waals surface area (Å²) < 4.78 is 5.11. The molecule has 3 N–H and O–H groups in total. The van der Waals surface area contributed by atoms with Gasteiger partial charge in [0, 0.05) is 5.70 Å². The largest absolute Gasteiger partial charge is 0.370 e. The van der Waals surface area contributed by atoms with Crippen LogP contribution < -0.4 is 11.1 Å². The molecule has 4 nitrogen and oxygen atoms in total. The zero-order valence-electron chi connectivity index (χ0n) is 5.66. The number of fused-ring (bicyclic) bond motifs is 1. The lowest BCUT2D eigenvalue weighted by Crippen LogP contribution is -2.29. The van der Waals surface area contributed by atoms with E-state index in [-0.39, 0.29) is 12.3 Å². The van der Waals surface area contributed by atoms with Gasteiger partial charge in [-0.25, -0.2) is 4.99 Å². The van der Waals surface area contributed by atoms with Gasteiger partial charge in [-0.15, -0.1) is 0 Å². The number of hydrogen-bond donors (Lipinski definition) is 2. The molecule has 2 heterocycles. The van der Waals surface area contributed by atoms with Crippen LogP contribution in [0.5, 0.6) is 0 Å². The van der Waals surface area contributed by atoms with Crippen LogP contribution in [0.1, 0.15) is 6.92 Å². The summed E-state index contributed by atoms with van der Waals surface area (Å²) in [5.74, 6) is 0.443. The van der Waals surface area contributed by atoms with Gasteiger partial charge in [-0.05, 0) is 13.0 Å². The highest BCUT2D eigenvalue weighted by Gasteiger charge is 2.38. The number of nitrogens with two attached hydrogens (primary N) is 1. The Labute approximate surface area is 58.8 Å². The molecule has 0 radical (unpaired) electrons. The summed E-state index contributed by atoms with van der Waals surface area (Å²) in [6.45, 7) is 1.94. The zero-order valence-corrected chi connectivity index (χ0v) is 5.66. The molecule has 2 rings (SSSR count). The first-order valence-electron chi connectivity index (χ1n) is 3.20. The molecule has 0 aromatic carbocycles. The average Bonchev–Trinajstić information content (AvgIpc) is 2.43. The van der Waals surface area contributed by atoms with Crippen molar-refractivity contribution in [3.63, 3.8) is 0 Å². The fourth-order valence-corrected chi connectivity index (χ4v) is 1.00. The number of epoxide rings is 1. The SMILES string of the molecule is CC1=CC2OC2N=C(N)N1. The van der Waals surface area contributed by atoms with E-state index < -0.39 is 0 Å². The fourth-order valence-electron chi connectivity index (χ4n) is 1.00. The maximum absolute atomic E-state index is 5.46. The molecular weight excluding hydrogens is 130 g/mol. The molecule has 0 bridgehead atoms. The molecule has 2 aliphatic heterocycles. The first-order chi connectivity index (χ1) is 4.75. The maximum Gasteiger partial charge on any atom is 0.195 e. The molecule has 2 aliphatic rings. The Morgan fingerprint density at radius 2 is 2.60 bits per heavy atom. The molecule has 1 fully saturated rings. The molecule has 0 aliphatic carbocycles. The number of hydrogen-bond acceptors (Lipinski definition) is 4. The van der Waals surface area contributed by atoms with Gasteiger partial charge in [-0.1, -0.05) is 0 Å². The normalized spacial score (nSPS) is 36.5. The Kier molecular flexibility index (Phi) is 0.990. The summed E-state index contributed by atoms with van der Waals surface area (Å²) in [5, 5.41) is 2.91. The molecule has 0 aromatic rings. The van der Waals surface area contributed by atoms with Crippen LogP contribution in [0.15, 0.2) is 16.8 Å². The van der Waals surface area contributed by atoms with Crippen molar-refractivity contribution in [2.24, 2.45) is 10.7 Å². The number of guanidine groups is 1. The quantitative estimate of drug-likeness (QED) is 0.446. The summed E-state index contributed by atoms with van der Waals surface area (Å²) in [4.78, 5) is 4.01. The van der Waals surface area contributed by atoms with E-state index in [0.29, 0.717) is 5.96 Å². The molecule has 0 aromatic heterocycles. The van der Waals surface area contributed by atoms with E-state index >= 15 is 0 Å². The van der Waals surface area contributed by atoms with E-state index in [1.54, 1.807) is 0 Å². The minimum atomic E-state index is -0.0232. The summed E-state index contributed by atoms with van der Waals surface area (Å²) in [5.41, 5.74) is 6.47. The third-order valence-corrected chi connectivity index (χ3v) is 1.51. The molecule has 10 heavy (non-hydrogen) atoms. The van der Waals surface area contributed by atoms with Gasteiger partial charge in [0.1, 0.15) is 6.10 Å². The number of allylic oxidation sites excluding steroid dienone is 1. The number of ether oxygens (including phenoxy) is 1. The molecule has 1 saturated heterocycles. The minimum Gasteiger partial charge on any atom is -0.370 e. The topological polar surface area (TPSA) is 62.9 Å². The predicted octanol–water partition coefficient (Wildman–Crippen LogP) is -0.467. The number of nitrogens with zero attached hydrogens (tertiary/aromatic N) is 1. The number of aliphatic imine (C=N–C) groups is 1. The molecule has 2 atom stereocenters. The number of rotatable bonds is 0. The molecule has 0 saturated carbocycles. The highest BCUT2D eigenvalue weighted by Crippen LogP contribution is 2.26. The van der Waals surface area contributed by atoms with Gasteiger partial charge in [0.2, 0.25) is 0 Å². The van der Waals surface area contributed by atoms with Crippen LogP contribution in [0, 0.1) is 0 Å². The van der Waals surface area contributed by atoms with E-state index in [1.807, 2.05) is 13.0 Å². The van der Waals surface area contributed by atoms with Crippen molar-refractivity contribution in [3.05, 3.63) is 11.8 Å². The second-order valence-electron chi connectivity index (χ2n) is 2.48. The van der Waals surface area contributed by atoms with Gasteiger partial charge in [-0.3, -0.25) is 0 Å². The lowest BCUT2D eigenvalue weighted by atomic mass is 10.3. The lowest BCUT2D eigenvalue weighted by Gasteiger charge is -2.01.